The number of benzene rings is 5. The fourth-order valence-electron chi connectivity index (χ4n) is 7.26. The van der Waals surface area contributed by atoms with Gasteiger partial charge in [0, 0.05) is 32.0 Å². The molecule has 272 valence electrons. The largest absolute Gasteiger partial charge is 0.494 e. The van der Waals surface area contributed by atoms with E-state index in [9.17, 15) is 13.5 Å². The molecule has 0 radical (unpaired) electrons. The van der Waals surface area contributed by atoms with E-state index in [1.54, 1.807) is 31.4 Å². The zero-order valence-corrected chi connectivity index (χ0v) is 31.0. The molecule has 8 heteroatoms. The Balaban J connectivity index is 1.36. The Morgan fingerprint density at radius 3 is 1.83 bits per heavy atom. The average Bonchev–Trinajstić information content (AvgIpc) is 3.18. The van der Waals surface area contributed by atoms with Crippen LogP contribution in [-0.4, -0.2) is 63.5 Å². The van der Waals surface area contributed by atoms with Crippen molar-refractivity contribution in [1.29, 1.82) is 0 Å². The van der Waals surface area contributed by atoms with E-state index < -0.39 is 33.6 Å². The molecule has 6 rings (SSSR count). The number of hydrogen-bond donors (Lipinski definition) is 1. The fourth-order valence-corrected chi connectivity index (χ4v) is 8.77. The van der Waals surface area contributed by atoms with E-state index in [0.717, 1.165) is 46.4 Å². The Kier molecular flexibility index (Phi) is 12.3. The molecule has 1 aliphatic rings. The van der Waals surface area contributed by atoms with Crippen LogP contribution in [0.3, 0.4) is 0 Å². The zero-order valence-electron chi connectivity index (χ0n) is 30.2. The summed E-state index contributed by atoms with van der Waals surface area (Å²) in [4.78, 5) is 0.206. The van der Waals surface area contributed by atoms with Gasteiger partial charge < -0.3 is 19.3 Å². The van der Waals surface area contributed by atoms with Crippen LogP contribution in [0.4, 0.5) is 0 Å². The van der Waals surface area contributed by atoms with Crippen LogP contribution < -0.4 is 4.74 Å². The molecule has 0 spiro atoms. The van der Waals surface area contributed by atoms with Gasteiger partial charge in [-0.05, 0) is 73.2 Å². The highest BCUT2D eigenvalue weighted by atomic mass is 32.2. The van der Waals surface area contributed by atoms with Crippen LogP contribution in [0.5, 0.6) is 5.75 Å². The number of aliphatic hydroxyl groups is 1. The molecule has 0 amide bonds. The van der Waals surface area contributed by atoms with E-state index in [-0.39, 0.29) is 30.7 Å². The second-order valence-corrected chi connectivity index (χ2v) is 15.6. The lowest BCUT2D eigenvalue weighted by atomic mass is 9.78. The monoisotopic (exact) mass is 719 g/mol. The summed E-state index contributed by atoms with van der Waals surface area (Å²) in [6.45, 7) is 4.84. The van der Waals surface area contributed by atoms with Crippen molar-refractivity contribution in [2.24, 2.45) is 5.92 Å². The van der Waals surface area contributed by atoms with Crippen molar-refractivity contribution >= 4 is 10.0 Å². The molecular weight excluding hydrogens is 671 g/mol. The molecule has 7 nitrogen and oxygen atoms in total. The smallest absolute Gasteiger partial charge is 0.243 e. The van der Waals surface area contributed by atoms with Gasteiger partial charge in [0.2, 0.25) is 10.0 Å². The second kappa shape index (κ2) is 17.0. The second-order valence-electron chi connectivity index (χ2n) is 13.7. The molecule has 52 heavy (non-hydrogen) atoms. The molecule has 4 atom stereocenters. The highest BCUT2D eigenvalue weighted by molar-refractivity contribution is 7.89. The molecule has 1 saturated heterocycles. The lowest BCUT2D eigenvalue weighted by Crippen LogP contribution is -2.52. The summed E-state index contributed by atoms with van der Waals surface area (Å²) in [6, 6.07) is 45.1. The SMILES string of the molecule is COC(C)CCCOc1ccc([C@H]2[C@H](COC(c3ccccc3)(c3ccccc3)c3ccccc3)CN(S(=O)(=O)c3ccc(C)cc3)C[C@@H]2O)cc1. The van der Waals surface area contributed by atoms with Crippen molar-refractivity contribution in [3.05, 3.63) is 167 Å². The minimum atomic E-state index is -3.90. The molecule has 1 heterocycles. The highest BCUT2D eigenvalue weighted by Gasteiger charge is 2.44. The summed E-state index contributed by atoms with van der Waals surface area (Å²) in [6.07, 6.45) is 0.971. The minimum Gasteiger partial charge on any atom is -0.494 e. The number of aliphatic hydroxyl groups excluding tert-OH is 1. The van der Waals surface area contributed by atoms with Gasteiger partial charge in [-0.15, -0.1) is 0 Å². The van der Waals surface area contributed by atoms with Gasteiger partial charge in [-0.25, -0.2) is 8.42 Å². The Bertz CT molecular complexity index is 1840. The number of nitrogens with zero attached hydrogens (tertiary/aromatic N) is 1. The van der Waals surface area contributed by atoms with E-state index in [4.69, 9.17) is 14.2 Å². The molecular formula is C44H49NO6S. The van der Waals surface area contributed by atoms with Crippen LogP contribution in [0.25, 0.3) is 0 Å². The van der Waals surface area contributed by atoms with Gasteiger partial charge in [-0.1, -0.05) is 121 Å². The van der Waals surface area contributed by atoms with Gasteiger partial charge in [-0.3, -0.25) is 0 Å². The van der Waals surface area contributed by atoms with Crippen molar-refractivity contribution in [3.8, 4) is 5.75 Å². The molecule has 5 aromatic carbocycles. The van der Waals surface area contributed by atoms with Crippen LogP contribution in [0, 0.1) is 12.8 Å². The van der Waals surface area contributed by atoms with Gasteiger partial charge in [0.25, 0.3) is 0 Å². The third kappa shape index (κ3) is 8.33. The summed E-state index contributed by atoms with van der Waals surface area (Å²) in [5.74, 6) is -0.0605. The lowest BCUT2D eigenvalue weighted by Gasteiger charge is -2.43. The Morgan fingerprint density at radius 1 is 0.769 bits per heavy atom. The number of rotatable bonds is 15. The maximum atomic E-state index is 14.1. The van der Waals surface area contributed by atoms with Gasteiger partial charge in [0.05, 0.1) is 30.3 Å². The first-order valence-corrected chi connectivity index (χ1v) is 19.5. The third-order valence-electron chi connectivity index (χ3n) is 10.2. The van der Waals surface area contributed by atoms with E-state index >= 15 is 0 Å². The fraction of sp³-hybridized carbons (Fsp3) is 0.318. The maximum Gasteiger partial charge on any atom is 0.243 e. The maximum absolute atomic E-state index is 14.1. The number of ether oxygens (including phenoxy) is 3. The molecule has 0 aromatic heterocycles. The summed E-state index contributed by atoms with van der Waals surface area (Å²) in [7, 11) is -2.19. The summed E-state index contributed by atoms with van der Waals surface area (Å²) in [5.41, 5.74) is 3.72. The van der Waals surface area contributed by atoms with Gasteiger partial charge in [0.1, 0.15) is 11.4 Å². The first kappa shape index (κ1) is 37.4. The normalized spacial score (nSPS) is 18.9. The zero-order chi connectivity index (χ0) is 36.6. The first-order chi connectivity index (χ1) is 25.2. The summed E-state index contributed by atoms with van der Waals surface area (Å²) >= 11 is 0. The van der Waals surface area contributed by atoms with E-state index in [2.05, 4.69) is 36.4 Å². The van der Waals surface area contributed by atoms with Crippen LogP contribution in [-0.2, 0) is 25.1 Å². The lowest BCUT2D eigenvalue weighted by molar-refractivity contribution is -0.0431. The van der Waals surface area contributed by atoms with Crippen molar-refractivity contribution in [3.63, 3.8) is 0 Å². The highest BCUT2D eigenvalue weighted by Crippen LogP contribution is 2.43. The van der Waals surface area contributed by atoms with E-state index in [1.165, 1.54) is 4.31 Å². The molecule has 0 aliphatic carbocycles. The third-order valence-corrected chi connectivity index (χ3v) is 12.0. The van der Waals surface area contributed by atoms with Crippen LogP contribution >= 0.6 is 0 Å². The molecule has 1 fully saturated rings. The average molecular weight is 720 g/mol. The summed E-state index contributed by atoms with van der Waals surface area (Å²) < 4.78 is 48.2. The van der Waals surface area contributed by atoms with Crippen molar-refractivity contribution < 1.29 is 27.7 Å². The van der Waals surface area contributed by atoms with E-state index in [1.807, 2.05) is 92.7 Å². The topological polar surface area (TPSA) is 85.3 Å². The van der Waals surface area contributed by atoms with Crippen molar-refractivity contribution in [2.45, 2.75) is 55.3 Å². The number of piperidine rings is 1. The Morgan fingerprint density at radius 2 is 1.31 bits per heavy atom. The molecule has 1 unspecified atom stereocenters. The van der Waals surface area contributed by atoms with E-state index in [0.29, 0.717) is 6.61 Å². The Labute approximate surface area is 308 Å². The number of aryl methyl sites for hydroxylation is 1. The molecule has 0 saturated carbocycles. The quantitative estimate of drug-likeness (QED) is 0.0874. The predicted molar refractivity (Wildman–Crippen MR) is 205 cm³/mol. The first-order valence-electron chi connectivity index (χ1n) is 18.0. The van der Waals surface area contributed by atoms with Crippen LogP contribution in [0.15, 0.2) is 144 Å². The molecule has 1 aliphatic heterocycles. The standard InChI is InChI=1S/C44H49NO6S/c1-33-21-27-41(28-22-33)52(47,48)45-30-36(43(42(46)31-45)35-23-25-40(26-24-35)50-29-13-14-34(2)49-3)32-51-44(37-15-7-4-8-16-37,38-17-9-5-10-18-38)39-19-11-6-12-20-39/h4-12,15-28,34,36,42-43,46H,13-14,29-32H2,1-3H3/t34?,36-,42-,43-/m0/s1. The molecule has 1 N–H and O–H groups in total. The summed E-state index contributed by atoms with van der Waals surface area (Å²) in [5, 5.41) is 11.9. The van der Waals surface area contributed by atoms with Gasteiger partial charge in [-0.2, -0.15) is 4.31 Å². The number of methoxy groups -OCH3 is 1. The number of hydrogen-bond acceptors (Lipinski definition) is 6. The van der Waals surface area contributed by atoms with Gasteiger partial charge in [0.15, 0.2) is 0 Å². The minimum absolute atomic E-state index is 0.0332. The molecule has 0 bridgehead atoms. The van der Waals surface area contributed by atoms with Crippen molar-refractivity contribution in [2.75, 3.05) is 33.4 Å². The number of β-amino-alcohol motifs (C(OH)–C–C–N with tert-alkyl or cyclic N) is 1. The molecule has 5 aromatic rings. The number of sulfonamides is 1. The van der Waals surface area contributed by atoms with Crippen molar-refractivity contribution in [1.82, 2.24) is 4.31 Å². The predicted octanol–water partition coefficient (Wildman–Crippen LogP) is 7.96. The Hall–Kier alpha value is -4.31. The van der Waals surface area contributed by atoms with Crippen LogP contribution in [0.2, 0.25) is 0 Å². The van der Waals surface area contributed by atoms with Gasteiger partial charge >= 0.3 is 0 Å². The van der Waals surface area contributed by atoms with Crippen LogP contribution in [0.1, 0.15) is 53.5 Å².